The third-order valence-electron chi connectivity index (χ3n) is 3.87. The summed E-state index contributed by atoms with van der Waals surface area (Å²) in [5.41, 5.74) is 7.68. The largest absolute Gasteiger partial charge is 0.386 e. The number of hydrogen-bond acceptors (Lipinski definition) is 3. The van der Waals surface area contributed by atoms with Gasteiger partial charge in [0.05, 0.1) is 16.0 Å². The van der Waals surface area contributed by atoms with Crippen molar-refractivity contribution in [3.05, 3.63) is 82.4 Å². The van der Waals surface area contributed by atoms with Gasteiger partial charge in [0, 0.05) is 12.1 Å². The van der Waals surface area contributed by atoms with Crippen LogP contribution in [0.1, 0.15) is 5.56 Å². The van der Waals surface area contributed by atoms with Crippen LogP contribution in [0.3, 0.4) is 0 Å². The summed E-state index contributed by atoms with van der Waals surface area (Å²) in [7, 11) is 0. The van der Waals surface area contributed by atoms with E-state index in [9.17, 15) is 10.1 Å². The maximum atomic E-state index is 10.7. The predicted molar refractivity (Wildman–Crippen MR) is 102 cm³/mol. The lowest BCUT2D eigenvalue weighted by atomic mass is 10.1. The quantitative estimate of drug-likeness (QED) is 0.239. The van der Waals surface area contributed by atoms with Gasteiger partial charge in [-0.05, 0) is 34.9 Å². The third-order valence-corrected chi connectivity index (χ3v) is 4.25. The zero-order valence-corrected chi connectivity index (χ0v) is 14.1. The van der Waals surface area contributed by atoms with Crippen molar-refractivity contribution in [2.45, 2.75) is 11.8 Å². The lowest BCUT2D eigenvalue weighted by Crippen LogP contribution is -2.25. The summed E-state index contributed by atoms with van der Waals surface area (Å²) in [6.45, 7) is 0. The monoisotopic (exact) mass is 353 g/mol. The summed E-state index contributed by atoms with van der Waals surface area (Å²) in [4.78, 5) is 14.7. The van der Waals surface area contributed by atoms with Gasteiger partial charge in [-0.2, -0.15) is 0 Å². The molecular formula is C19H16ClN3O2. The topological polar surface area (TPSA) is 81.5 Å². The highest BCUT2D eigenvalue weighted by Gasteiger charge is 2.12. The molecule has 3 aromatic carbocycles. The number of alkyl halides is 1. The van der Waals surface area contributed by atoms with E-state index in [0.29, 0.717) is 12.3 Å². The van der Waals surface area contributed by atoms with E-state index in [2.05, 4.69) is 4.99 Å². The second-order valence-electron chi connectivity index (χ2n) is 5.66. The summed E-state index contributed by atoms with van der Waals surface area (Å²) in [5.74, 6) is 0.315. The maximum Gasteiger partial charge on any atom is 0.269 e. The van der Waals surface area contributed by atoms with Gasteiger partial charge in [-0.1, -0.05) is 42.5 Å². The van der Waals surface area contributed by atoms with Crippen molar-refractivity contribution in [2.75, 3.05) is 0 Å². The van der Waals surface area contributed by atoms with E-state index in [0.717, 1.165) is 22.0 Å². The Hall–Kier alpha value is -2.92. The van der Waals surface area contributed by atoms with Crippen molar-refractivity contribution in [3.63, 3.8) is 0 Å². The average Bonchev–Trinajstić information content (AvgIpc) is 2.62. The van der Waals surface area contributed by atoms with Crippen molar-refractivity contribution < 1.29 is 4.92 Å². The van der Waals surface area contributed by atoms with Crippen LogP contribution >= 0.6 is 11.6 Å². The number of nitrogens with two attached hydrogens (primary N) is 1. The van der Waals surface area contributed by atoms with Crippen LogP contribution < -0.4 is 5.73 Å². The number of hydrogen-bond donors (Lipinski definition) is 1. The Morgan fingerprint density at radius 1 is 1.08 bits per heavy atom. The Morgan fingerprint density at radius 2 is 1.76 bits per heavy atom. The first kappa shape index (κ1) is 16.9. The third kappa shape index (κ3) is 4.14. The highest BCUT2D eigenvalue weighted by atomic mass is 35.5. The van der Waals surface area contributed by atoms with Gasteiger partial charge in [0.1, 0.15) is 5.84 Å². The van der Waals surface area contributed by atoms with Gasteiger partial charge in [-0.15, -0.1) is 11.6 Å². The van der Waals surface area contributed by atoms with Crippen LogP contribution in [-0.2, 0) is 6.42 Å². The minimum atomic E-state index is -0.493. The molecule has 1 unspecified atom stereocenters. The number of non-ortho nitro benzene ring substituents is 1. The van der Waals surface area contributed by atoms with Crippen molar-refractivity contribution in [1.82, 2.24) is 0 Å². The number of rotatable bonds is 5. The summed E-state index contributed by atoms with van der Waals surface area (Å²) in [6.07, 6.45) is 0.447. The first-order valence-electron chi connectivity index (χ1n) is 7.73. The fourth-order valence-corrected chi connectivity index (χ4v) is 2.76. The number of benzene rings is 3. The number of halogens is 1. The lowest BCUT2D eigenvalue weighted by Gasteiger charge is -2.09. The van der Waals surface area contributed by atoms with E-state index in [4.69, 9.17) is 17.3 Å². The standard InChI is InChI=1S/C19H16ClN3O2/c20-18(11-13-5-9-17(10-6-13)23(24)25)19(21)22-16-8-7-14-3-1-2-4-15(14)12-16/h1-10,12,18H,11H2,(H2,21,22). The number of nitro benzene ring substituents is 1. The van der Waals surface area contributed by atoms with Gasteiger partial charge in [0.15, 0.2) is 0 Å². The molecule has 0 saturated carbocycles. The second-order valence-corrected chi connectivity index (χ2v) is 6.19. The SMILES string of the molecule is NC(=Nc1ccc2ccccc2c1)C(Cl)Cc1ccc([N+](=O)[O-])cc1. The van der Waals surface area contributed by atoms with Gasteiger partial charge >= 0.3 is 0 Å². The molecule has 0 bridgehead atoms. The minimum absolute atomic E-state index is 0.0488. The molecule has 2 N–H and O–H groups in total. The number of nitro groups is 1. The second kappa shape index (κ2) is 7.32. The summed E-state index contributed by atoms with van der Waals surface area (Å²) in [6, 6.07) is 20.1. The summed E-state index contributed by atoms with van der Waals surface area (Å²) >= 11 is 6.35. The molecule has 126 valence electrons. The Kier molecular flexibility index (Phi) is 4.95. The van der Waals surface area contributed by atoms with E-state index < -0.39 is 10.3 Å². The molecule has 0 aliphatic rings. The molecule has 0 radical (unpaired) electrons. The van der Waals surface area contributed by atoms with Gasteiger partial charge in [-0.25, -0.2) is 4.99 Å². The smallest absolute Gasteiger partial charge is 0.269 e. The Labute approximate surface area is 149 Å². The van der Waals surface area contributed by atoms with Crippen molar-refractivity contribution in [2.24, 2.45) is 10.7 Å². The van der Waals surface area contributed by atoms with Gasteiger partial charge in [0.25, 0.3) is 5.69 Å². The highest BCUT2D eigenvalue weighted by molar-refractivity contribution is 6.31. The van der Waals surface area contributed by atoms with Crippen LogP contribution in [-0.4, -0.2) is 16.1 Å². The van der Waals surface area contributed by atoms with Crippen LogP contribution in [0.25, 0.3) is 10.8 Å². The number of nitrogens with zero attached hydrogens (tertiary/aromatic N) is 2. The molecule has 25 heavy (non-hydrogen) atoms. The normalized spacial score (nSPS) is 12.9. The highest BCUT2D eigenvalue weighted by Crippen LogP contribution is 2.22. The maximum absolute atomic E-state index is 10.7. The van der Waals surface area contributed by atoms with E-state index in [1.165, 1.54) is 12.1 Å². The molecule has 3 rings (SSSR count). The molecule has 3 aromatic rings. The van der Waals surface area contributed by atoms with Crippen LogP contribution in [0, 0.1) is 10.1 Å². The molecule has 6 heteroatoms. The van der Waals surface area contributed by atoms with Crippen LogP contribution in [0.2, 0.25) is 0 Å². The molecule has 1 atom stereocenters. The molecule has 0 heterocycles. The van der Waals surface area contributed by atoms with Gasteiger partial charge < -0.3 is 5.73 Å². The van der Waals surface area contributed by atoms with E-state index >= 15 is 0 Å². The number of fused-ring (bicyclic) bond motifs is 1. The molecular weight excluding hydrogens is 338 g/mol. The van der Waals surface area contributed by atoms with Crippen LogP contribution in [0.15, 0.2) is 71.7 Å². The Morgan fingerprint density at radius 3 is 2.44 bits per heavy atom. The van der Waals surface area contributed by atoms with Crippen molar-refractivity contribution in [1.29, 1.82) is 0 Å². The van der Waals surface area contributed by atoms with Crippen LogP contribution in [0.4, 0.5) is 11.4 Å². The fourth-order valence-electron chi connectivity index (χ4n) is 2.53. The first-order valence-corrected chi connectivity index (χ1v) is 8.17. The van der Waals surface area contributed by atoms with Crippen molar-refractivity contribution >= 4 is 39.6 Å². The average molecular weight is 354 g/mol. The first-order chi connectivity index (χ1) is 12.0. The van der Waals surface area contributed by atoms with E-state index in [1.54, 1.807) is 12.1 Å². The van der Waals surface area contributed by atoms with E-state index in [1.807, 2.05) is 42.5 Å². The number of aliphatic imine (C=N–C) groups is 1. The zero-order chi connectivity index (χ0) is 17.8. The molecule has 0 fully saturated rings. The Bertz CT molecular complexity index is 939. The van der Waals surface area contributed by atoms with Gasteiger partial charge in [0.2, 0.25) is 0 Å². The molecule has 5 nitrogen and oxygen atoms in total. The van der Waals surface area contributed by atoms with Crippen molar-refractivity contribution in [3.8, 4) is 0 Å². The van der Waals surface area contributed by atoms with E-state index in [-0.39, 0.29) is 5.69 Å². The minimum Gasteiger partial charge on any atom is -0.386 e. The lowest BCUT2D eigenvalue weighted by molar-refractivity contribution is -0.384. The van der Waals surface area contributed by atoms with Gasteiger partial charge in [-0.3, -0.25) is 10.1 Å². The number of amidine groups is 1. The zero-order valence-electron chi connectivity index (χ0n) is 13.3. The summed E-state index contributed by atoms with van der Waals surface area (Å²) in [5, 5.41) is 12.4. The van der Waals surface area contributed by atoms with Crippen LogP contribution in [0.5, 0.6) is 0 Å². The molecule has 0 aromatic heterocycles. The fraction of sp³-hybridized carbons (Fsp3) is 0.105. The molecule has 0 aliphatic heterocycles. The Balaban J connectivity index is 1.74. The molecule has 0 spiro atoms. The molecule has 0 aliphatic carbocycles. The predicted octanol–water partition coefficient (Wildman–Crippen LogP) is 4.59. The molecule has 0 amide bonds. The molecule has 0 saturated heterocycles. The summed E-state index contributed by atoms with van der Waals surface area (Å²) < 4.78 is 0.